The number of aliphatic carboxylic acids is 2. The molecule has 16 atom stereocenters. The molecule has 4 heterocycles. The van der Waals surface area contributed by atoms with Crippen LogP contribution in [0.15, 0.2) is 45.7 Å². The number of esters is 1. The van der Waals surface area contributed by atoms with E-state index in [0.29, 0.717) is 129 Å². The first-order chi connectivity index (χ1) is 71.5. The molecule has 4 aliphatic heterocycles. The minimum absolute atomic E-state index is 0.0380. The molecule has 9 amide bonds. The quantitative estimate of drug-likeness (QED) is 0.00808. The Morgan fingerprint density at radius 3 is 1.19 bits per heavy atom. The molecule has 1 aromatic carbocycles. The molecule has 0 radical (unpaired) electrons. The Labute approximate surface area is 866 Å². The molecule has 55 nitrogen and oxygen atoms in total. The average molecular weight is 2160 g/mol. The zero-order chi connectivity index (χ0) is 113. The van der Waals surface area contributed by atoms with Gasteiger partial charge in [0, 0.05) is 196 Å². The van der Waals surface area contributed by atoms with Crippen LogP contribution in [-0.2, 0) is 126 Å². The van der Waals surface area contributed by atoms with Gasteiger partial charge in [0.1, 0.15) is 78.3 Å². The number of nitrogens with zero attached hydrogens (tertiary/aromatic N) is 9. The van der Waals surface area contributed by atoms with E-state index in [9.17, 15) is 126 Å². The van der Waals surface area contributed by atoms with Gasteiger partial charge in [0.2, 0.25) is 53.2 Å². The molecule has 1 unspecified atom stereocenters. The van der Waals surface area contributed by atoms with E-state index in [-0.39, 0.29) is 228 Å². The van der Waals surface area contributed by atoms with Gasteiger partial charge in [-0.1, -0.05) is 59.5 Å². The standard InChI is InChI=1S/C65H115N11O27.C10H12O2.C6H11N3O.C4H7N3O2.C4H5NO2.C2HF3O2.CH5N/c1-41(80)32-44-56(89)58(91)46(34-77)101-62(44)98-27-7-4-14-49(83)68-21-11-20-67-40-97-39-65(75-54(88)17-10-26-73-76-66,37-95-30-18-52(86)71-24-12-22-69-50(84)15-5-8-28-99-63-45(33-42(2)81)57(90)59(92)47(35-78)102-63)38-96-31-19-53(87)72-25-13-23-70-51(85)16-6-9-29-100-64-55(74-43(3)82)61(94)60(93)48(36-79)103-64;1-2-10(11)12-8-9-6-4-3-5-7-9;1-2-6(10)4-3-5-8-9-7;5-7-6-3-1-2-4(8)9;6-3-1-2-4(7)5-3;3-2(4,5)1(6)7;1-2/h44-48,55-64,67,77-79,89-94H,4-40H2,1-3H3,(H,68,83)(H,69,84)(H,70,85)(H,71,86)(H,72,87)(H,74,82)(H,75,88);3-7H,2,8H2,1H3;2-5H2,1H3;1-3H2,(H,8,9);1-2H2,(H,5,6,7);(H,6,7);2H2,1H3/t44-,45-,46-,47-,48-,55-,56-,57-,58+,59+,60+,61-,62-,63-,64-,65?;;;;;;/m1....../s1. The monoisotopic (exact) mass is 2160 g/mol. The molecule has 0 bridgehead atoms. The predicted molar refractivity (Wildman–Crippen MR) is 523 cm³/mol. The van der Waals surface area contributed by atoms with Crippen LogP contribution in [0.2, 0.25) is 0 Å². The number of carboxylic acid groups (broad SMARTS) is 2. The number of nitrogens with two attached hydrogens (primary N) is 1. The number of aliphatic hydroxyl groups is 9. The number of halogens is 3. The SMILES string of the molecule is CC(=O)C[C@H]1[C@H](OCCCCC(=O)NCCCNCOCC(COCCC(=O)NCCCNC(=O)CCCCO[C@@H]2O[C@H](CO)[C@H](O)[C@H](O)[C@H]2CC(C)=O)(COCCC(=O)NCCCNC(=O)CCCCO[C@@H]2O[C@H](CO)[C@H](O)[C@H](O)[C@H]2NC(C)=O)NC(=O)CCCN=[N+]=[N-])O[C@H](CO)[C@H](O)[C@@H]1O.CCC(=O)CCCN=[N+]=[N-].CCC(=O)OCc1ccccc1.CN.O=C(O)C(F)(F)F.O=C1CCC(=O)N1.[N-]=[N+]=NCCCC(=O)O. The third kappa shape index (κ3) is 70.2. The molecule has 150 heavy (non-hydrogen) atoms. The number of imide groups is 1. The second-order valence-corrected chi connectivity index (χ2v) is 33.9. The Kier molecular flexibility index (Phi) is 82.3. The molecule has 4 fully saturated rings. The lowest BCUT2D eigenvalue weighted by Gasteiger charge is -2.42. The lowest BCUT2D eigenvalue weighted by Crippen LogP contribution is -2.64. The van der Waals surface area contributed by atoms with E-state index in [1.807, 2.05) is 37.3 Å². The summed E-state index contributed by atoms with van der Waals surface area (Å²) in [6, 6.07) is 8.57. The second kappa shape index (κ2) is 87.5. The zero-order valence-corrected chi connectivity index (χ0v) is 85.8. The number of benzene rings is 1. The van der Waals surface area contributed by atoms with Crippen LogP contribution in [0, 0.1) is 11.8 Å². The molecular weight excluding hydrogens is 2000 g/mol. The van der Waals surface area contributed by atoms with E-state index in [1.165, 1.54) is 27.8 Å². The highest BCUT2D eigenvalue weighted by Crippen LogP contribution is 2.32. The number of alkyl halides is 3. The van der Waals surface area contributed by atoms with Crippen molar-refractivity contribution in [3.8, 4) is 0 Å². The molecule has 4 aliphatic rings. The average Bonchev–Trinajstić information content (AvgIpc) is 1.05. The number of carbonyl (C=O) groups excluding carboxylic acids is 13. The third-order valence-electron chi connectivity index (χ3n) is 21.3. The number of ether oxygens (including phenoxy) is 10. The summed E-state index contributed by atoms with van der Waals surface area (Å²) in [5.41, 5.74) is 28.5. The fourth-order valence-corrected chi connectivity index (χ4v) is 13.5. The minimum atomic E-state index is -5.08. The number of aliphatic hydroxyl groups excluding tert-OH is 9. The Morgan fingerprint density at radius 1 is 0.467 bits per heavy atom. The highest BCUT2D eigenvalue weighted by molar-refractivity contribution is 6.01. The number of hydrogen-bond donors (Lipinski definition) is 21. The lowest BCUT2D eigenvalue weighted by molar-refractivity contribution is -0.285. The van der Waals surface area contributed by atoms with Gasteiger partial charge in [-0.25, -0.2) is 4.79 Å². The molecule has 4 saturated heterocycles. The van der Waals surface area contributed by atoms with Gasteiger partial charge in [0.25, 0.3) is 0 Å². The number of nitrogens with one attached hydrogen (secondary N) is 9. The minimum Gasteiger partial charge on any atom is -0.481 e. The molecule has 22 N–H and O–H groups in total. The Balaban J connectivity index is 0. The number of rotatable bonds is 69. The van der Waals surface area contributed by atoms with Gasteiger partial charge in [-0.15, -0.1) is 0 Å². The van der Waals surface area contributed by atoms with E-state index in [0.717, 1.165) is 5.56 Å². The van der Waals surface area contributed by atoms with Crippen molar-refractivity contribution >= 4 is 88.4 Å². The molecular formula is C92H156F3N19O36. The highest BCUT2D eigenvalue weighted by Gasteiger charge is 2.48. The first-order valence-corrected chi connectivity index (χ1v) is 49.3. The normalized spacial score (nSPS) is 20.6. The number of Topliss-reactive ketones (excluding diaryl/α,β-unsaturated/α-hetero) is 3. The van der Waals surface area contributed by atoms with Crippen LogP contribution in [0.25, 0.3) is 31.3 Å². The summed E-state index contributed by atoms with van der Waals surface area (Å²) in [5.74, 6) is -8.39. The summed E-state index contributed by atoms with van der Waals surface area (Å²) in [5, 5.41) is 141. The topological polar surface area (TPSA) is 851 Å². The number of hydrogen-bond acceptors (Lipinski definition) is 39. The fraction of sp³-hybridized carbons (Fsp3) is 0.772. The summed E-state index contributed by atoms with van der Waals surface area (Å²) >= 11 is 0. The van der Waals surface area contributed by atoms with Gasteiger partial charge in [0.05, 0.1) is 71.8 Å². The summed E-state index contributed by atoms with van der Waals surface area (Å²) in [7, 11) is 1.50. The summed E-state index contributed by atoms with van der Waals surface area (Å²) in [4.78, 5) is 181. The van der Waals surface area contributed by atoms with Crippen LogP contribution in [0.4, 0.5) is 13.2 Å². The Hall–Kier alpha value is -11.0. The van der Waals surface area contributed by atoms with E-state index < -0.39 is 147 Å². The first-order valence-electron chi connectivity index (χ1n) is 49.3. The third-order valence-corrected chi connectivity index (χ3v) is 21.3. The van der Waals surface area contributed by atoms with E-state index in [4.69, 9.17) is 79.0 Å². The Bertz CT molecular complexity index is 4070. The van der Waals surface area contributed by atoms with E-state index >= 15 is 0 Å². The van der Waals surface area contributed by atoms with E-state index in [1.54, 1.807) is 6.92 Å². The molecule has 0 aromatic heterocycles. The predicted octanol–water partition coefficient (Wildman–Crippen LogP) is 0.622. The van der Waals surface area contributed by atoms with Crippen LogP contribution < -0.4 is 53.6 Å². The highest BCUT2D eigenvalue weighted by atomic mass is 19.4. The van der Waals surface area contributed by atoms with Crippen molar-refractivity contribution in [2.24, 2.45) is 32.9 Å². The molecule has 5 rings (SSSR count). The summed E-state index contributed by atoms with van der Waals surface area (Å²) < 4.78 is 88.7. The van der Waals surface area contributed by atoms with Crippen molar-refractivity contribution in [1.29, 1.82) is 0 Å². The van der Waals surface area contributed by atoms with Crippen molar-refractivity contribution in [3.63, 3.8) is 0 Å². The summed E-state index contributed by atoms with van der Waals surface area (Å²) in [6.45, 7) is 7.96. The number of ketones is 3. The van der Waals surface area contributed by atoms with Crippen LogP contribution in [-0.4, -0.2) is 382 Å². The molecule has 856 valence electrons. The molecule has 0 aliphatic carbocycles. The molecule has 1 aromatic rings. The fourth-order valence-electron chi connectivity index (χ4n) is 13.5. The van der Waals surface area contributed by atoms with Gasteiger partial charge in [-0.05, 0) is 127 Å². The van der Waals surface area contributed by atoms with Gasteiger partial charge in [-0.2, -0.15) is 13.2 Å². The van der Waals surface area contributed by atoms with Crippen molar-refractivity contribution in [2.75, 3.05) is 145 Å². The molecule has 0 saturated carbocycles. The maximum Gasteiger partial charge on any atom is 0.490 e. The maximum absolute atomic E-state index is 13.5. The van der Waals surface area contributed by atoms with Crippen LogP contribution in [0.3, 0.4) is 0 Å². The molecule has 58 heteroatoms. The van der Waals surface area contributed by atoms with Crippen LogP contribution in [0.1, 0.15) is 207 Å². The van der Waals surface area contributed by atoms with Gasteiger partial charge < -0.3 is 156 Å². The maximum atomic E-state index is 13.5. The number of carboxylic acids is 2. The van der Waals surface area contributed by atoms with Gasteiger partial charge >= 0.3 is 24.1 Å². The van der Waals surface area contributed by atoms with Crippen molar-refractivity contribution < 1.29 is 189 Å². The Morgan fingerprint density at radius 2 is 0.833 bits per heavy atom. The smallest absolute Gasteiger partial charge is 0.481 e. The first kappa shape index (κ1) is 141. The van der Waals surface area contributed by atoms with Crippen LogP contribution >= 0.6 is 0 Å². The largest absolute Gasteiger partial charge is 0.490 e. The van der Waals surface area contributed by atoms with Gasteiger partial charge in [-0.3, -0.25) is 68.2 Å². The second-order valence-electron chi connectivity index (χ2n) is 33.9. The zero-order valence-electron chi connectivity index (χ0n) is 85.8. The molecule has 0 spiro atoms. The van der Waals surface area contributed by atoms with Crippen LogP contribution in [0.5, 0.6) is 0 Å². The number of carbonyl (C=O) groups is 15. The van der Waals surface area contributed by atoms with E-state index in [2.05, 4.69) is 83.7 Å². The number of azide groups is 3. The van der Waals surface area contributed by atoms with Gasteiger partial charge in [0.15, 0.2) is 18.9 Å². The van der Waals surface area contributed by atoms with Crippen molar-refractivity contribution in [1.82, 2.24) is 47.9 Å². The lowest BCUT2D eigenvalue weighted by atomic mass is 9.87. The number of amides is 9. The number of unbranched alkanes of at least 4 members (excludes halogenated alkanes) is 3. The van der Waals surface area contributed by atoms with Crippen molar-refractivity contribution in [2.45, 2.75) is 300 Å². The van der Waals surface area contributed by atoms with Crippen molar-refractivity contribution in [3.05, 3.63) is 67.2 Å². The summed E-state index contributed by atoms with van der Waals surface area (Å²) in [6.07, 6.45) is -12.5.